The minimum atomic E-state index is -0.618. The average Bonchev–Trinajstić information content (AvgIpc) is 2.76. The number of carbonyl (C=O) groups is 1. The van der Waals surface area contributed by atoms with Crippen molar-refractivity contribution in [1.82, 2.24) is 15.1 Å². The van der Waals surface area contributed by atoms with E-state index < -0.39 is 6.10 Å². The van der Waals surface area contributed by atoms with Gasteiger partial charge in [0.2, 0.25) is 5.91 Å². The fourth-order valence-corrected chi connectivity index (χ4v) is 2.58. The van der Waals surface area contributed by atoms with E-state index in [9.17, 15) is 9.90 Å². The first-order valence-electron chi connectivity index (χ1n) is 7.10. The zero-order valence-electron chi connectivity index (χ0n) is 12.1. The lowest BCUT2D eigenvalue weighted by atomic mass is 9.94. The van der Waals surface area contributed by atoms with Crippen molar-refractivity contribution in [2.75, 3.05) is 19.7 Å². The fourth-order valence-electron chi connectivity index (χ4n) is 2.58. The van der Waals surface area contributed by atoms with Crippen LogP contribution in [0.1, 0.15) is 29.8 Å². The molecule has 112 valence electrons. The van der Waals surface area contributed by atoms with Crippen LogP contribution >= 0.6 is 0 Å². The molecule has 6 heteroatoms. The Kier molecular flexibility index (Phi) is 4.77. The van der Waals surface area contributed by atoms with Crippen LogP contribution < -0.4 is 0 Å². The van der Waals surface area contributed by atoms with Gasteiger partial charge in [-0.2, -0.15) is 5.10 Å². The van der Waals surface area contributed by atoms with E-state index in [1.807, 2.05) is 13.8 Å². The number of aromatic nitrogens is 2. The second-order valence-electron chi connectivity index (χ2n) is 5.56. The van der Waals surface area contributed by atoms with Gasteiger partial charge in [-0.05, 0) is 25.8 Å². The Morgan fingerprint density at radius 3 is 2.80 bits per heavy atom. The van der Waals surface area contributed by atoms with Crippen LogP contribution in [0.4, 0.5) is 0 Å². The van der Waals surface area contributed by atoms with Crippen LogP contribution in [0, 0.1) is 19.8 Å². The van der Waals surface area contributed by atoms with Crippen LogP contribution in [-0.2, 0) is 11.2 Å². The highest BCUT2D eigenvalue weighted by molar-refractivity contribution is 5.76. The Morgan fingerprint density at radius 2 is 2.25 bits per heavy atom. The molecule has 1 amide bonds. The monoisotopic (exact) mass is 281 g/mol. The van der Waals surface area contributed by atoms with Crippen molar-refractivity contribution >= 4 is 5.91 Å². The van der Waals surface area contributed by atoms with Crippen LogP contribution in [0.2, 0.25) is 0 Å². The number of aliphatic hydroxyl groups excluding tert-OH is 2. The topological polar surface area (TPSA) is 89.5 Å². The first-order valence-corrected chi connectivity index (χ1v) is 7.10. The summed E-state index contributed by atoms with van der Waals surface area (Å²) in [6.07, 6.45) is 1.06. The lowest BCUT2D eigenvalue weighted by molar-refractivity contribution is -0.136. The third kappa shape index (κ3) is 3.19. The molecule has 2 heterocycles. The molecule has 1 saturated heterocycles. The minimum absolute atomic E-state index is 0.0189. The number of aromatic amines is 1. The first-order chi connectivity index (χ1) is 9.52. The van der Waals surface area contributed by atoms with Gasteiger partial charge in [0.1, 0.15) is 0 Å². The number of aliphatic hydroxyl groups is 2. The number of nitrogens with one attached hydrogen (secondary N) is 1. The summed E-state index contributed by atoms with van der Waals surface area (Å²) in [5.41, 5.74) is 3.07. The summed E-state index contributed by atoms with van der Waals surface area (Å²) in [5.74, 6) is -0.0595. The average molecular weight is 281 g/mol. The summed E-state index contributed by atoms with van der Waals surface area (Å²) in [6, 6.07) is 0. The summed E-state index contributed by atoms with van der Waals surface area (Å²) in [4.78, 5) is 13.8. The Morgan fingerprint density at radius 1 is 1.50 bits per heavy atom. The van der Waals surface area contributed by atoms with E-state index in [0.29, 0.717) is 32.4 Å². The first kappa shape index (κ1) is 15.0. The summed E-state index contributed by atoms with van der Waals surface area (Å²) in [5, 5.41) is 26.1. The number of hydrogen-bond donors (Lipinski definition) is 3. The highest BCUT2D eigenvalue weighted by Gasteiger charge is 2.29. The molecule has 0 aromatic carbocycles. The molecular weight excluding hydrogens is 258 g/mol. The molecule has 0 aliphatic carbocycles. The van der Waals surface area contributed by atoms with Crippen LogP contribution in [-0.4, -0.2) is 57.0 Å². The molecular formula is C14H23N3O3. The highest BCUT2D eigenvalue weighted by atomic mass is 16.3. The zero-order valence-corrected chi connectivity index (χ0v) is 12.1. The van der Waals surface area contributed by atoms with E-state index in [0.717, 1.165) is 17.0 Å². The molecule has 1 fully saturated rings. The smallest absolute Gasteiger partial charge is 0.223 e. The van der Waals surface area contributed by atoms with Gasteiger partial charge in [0.25, 0.3) is 0 Å². The number of β-amino-alcohol motifs (C(OH)–C–C–N with tert-alkyl or cyclic N) is 1. The lowest BCUT2D eigenvalue weighted by Gasteiger charge is -2.35. The van der Waals surface area contributed by atoms with Gasteiger partial charge in [-0.3, -0.25) is 9.89 Å². The number of hydrogen-bond acceptors (Lipinski definition) is 4. The summed E-state index contributed by atoms with van der Waals surface area (Å²) >= 11 is 0. The van der Waals surface area contributed by atoms with Crippen molar-refractivity contribution < 1.29 is 15.0 Å². The molecule has 0 spiro atoms. The Labute approximate surface area is 118 Å². The van der Waals surface area contributed by atoms with Crippen LogP contribution in [0.3, 0.4) is 0 Å². The molecule has 2 rings (SSSR count). The number of aryl methyl sites for hydroxylation is 2. The number of carbonyl (C=O) groups excluding carboxylic acids is 1. The second kappa shape index (κ2) is 6.37. The number of piperidine rings is 1. The van der Waals surface area contributed by atoms with E-state index in [1.165, 1.54) is 0 Å². The third-order valence-electron chi connectivity index (χ3n) is 4.24. The van der Waals surface area contributed by atoms with Gasteiger partial charge in [0.05, 0.1) is 11.8 Å². The van der Waals surface area contributed by atoms with Crippen LogP contribution in [0.25, 0.3) is 0 Å². The van der Waals surface area contributed by atoms with Crippen molar-refractivity contribution in [3.8, 4) is 0 Å². The number of nitrogens with zero attached hydrogens (tertiary/aromatic N) is 2. The van der Waals surface area contributed by atoms with E-state index in [4.69, 9.17) is 5.11 Å². The molecule has 20 heavy (non-hydrogen) atoms. The maximum absolute atomic E-state index is 12.1. The van der Waals surface area contributed by atoms with Crippen LogP contribution in [0.5, 0.6) is 0 Å². The quantitative estimate of drug-likeness (QED) is 0.733. The number of amides is 1. The molecule has 3 N–H and O–H groups in total. The van der Waals surface area contributed by atoms with Crippen LogP contribution in [0.15, 0.2) is 0 Å². The second-order valence-corrected chi connectivity index (χ2v) is 5.56. The van der Waals surface area contributed by atoms with E-state index in [-0.39, 0.29) is 18.4 Å². The fraction of sp³-hybridized carbons (Fsp3) is 0.714. The predicted molar refractivity (Wildman–Crippen MR) is 74.2 cm³/mol. The molecule has 2 atom stereocenters. The third-order valence-corrected chi connectivity index (χ3v) is 4.24. The van der Waals surface area contributed by atoms with Gasteiger partial charge >= 0.3 is 0 Å². The summed E-state index contributed by atoms with van der Waals surface area (Å²) < 4.78 is 0. The maximum atomic E-state index is 12.1. The maximum Gasteiger partial charge on any atom is 0.223 e. The number of likely N-dealkylation sites (tertiary alicyclic amines) is 1. The van der Waals surface area contributed by atoms with E-state index >= 15 is 0 Å². The lowest BCUT2D eigenvalue weighted by Crippen LogP contribution is -2.47. The van der Waals surface area contributed by atoms with E-state index in [2.05, 4.69) is 10.2 Å². The highest BCUT2D eigenvalue weighted by Crippen LogP contribution is 2.18. The Hall–Kier alpha value is -1.40. The largest absolute Gasteiger partial charge is 0.396 e. The molecule has 1 aromatic heterocycles. The summed E-state index contributed by atoms with van der Waals surface area (Å²) in [6.45, 7) is 4.87. The van der Waals surface area contributed by atoms with Gasteiger partial charge in [-0.25, -0.2) is 0 Å². The molecule has 0 unspecified atom stereocenters. The molecule has 1 aliphatic rings. The zero-order chi connectivity index (χ0) is 14.7. The van der Waals surface area contributed by atoms with Crippen molar-refractivity contribution in [2.24, 2.45) is 5.92 Å². The Bertz CT molecular complexity index is 472. The van der Waals surface area contributed by atoms with Gasteiger partial charge < -0.3 is 15.1 Å². The summed E-state index contributed by atoms with van der Waals surface area (Å²) in [7, 11) is 0. The van der Waals surface area contributed by atoms with Gasteiger partial charge in [-0.15, -0.1) is 0 Å². The SMILES string of the molecule is Cc1[nH]nc(CCC(=O)N2CC[C@H](CO)[C@@H](O)C2)c1C. The van der Waals surface area contributed by atoms with E-state index in [1.54, 1.807) is 4.90 Å². The van der Waals surface area contributed by atoms with Gasteiger partial charge in [0.15, 0.2) is 0 Å². The number of H-pyrrole nitrogens is 1. The Balaban J connectivity index is 1.85. The predicted octanol–water partition coefficient (Wildman–Crippen LogP) is 0.161. The normalized spacial score (nSPS) is 23.1. The van der Waals surface area contributed by atoms with Crippen molar-refractivity contribution in [2.45, 2.75) is 39.2 Å². The van der Waals surface area contributed by atoms with Crippen molar-refractivity contribution in [3.05, 3.63) is 17.0 Å². The minimum Gasteiger partial charge on any atom is -0.396 e. The standard InChI is InChI=1S/C14H23N3O3/c1-9-10(2)15-16-12(9)3-4-14(20)17-6-5-11(8-18)13(19)7-17/h11,13,18-19H,3-8H2,1-2H3,(H,15,16)/t11-,13+/m1/s1. The molecule has 0 bridgehead atoms. The number of rotatable bonds is 4. The van der Waals surface area contributed by atoms with Crippen molar-refractivity contribution in [3.63, 3.8) is 0 Å². The molecule has 0 saturated carbocycles. The van der Waals surface area contributed by atoms with Crippen molar-refractivity contribution in [1.29, 1.82) is 0 Å². The van der Waals surface area contributed by atoms with Gasteiger partial charge in [0, 0.05) is 44.1 Å². The van der Waals surface area contributed by atoms with Gasteiger partial charge in [-0.1, -0.05) is 0 Å². The molecule has 1 aliphatic heterocycles. The molecule has 0 radical (unpaired) electrons. The molecule has 6 nitrogen and oxygen atoms in total. The molecule has 1 aromatic rings.